The second-order valence-electron chi connectivity index (χ2n) is 6.94. The molecule has 4 rings (SSSR count). The highest BCUT2D eigenvalue weighted by atomic mass is 16.6. The largest absolute Gasteiger partial charge is 0.492 e. The van der Waals surface area contributed by atoms with Crippen LogP contribution in [-0.4, -0.2) is 60.2 Å². The highest BCUT2D eigenvalue weighted by molar-refractivity contribution is 5.93. The second-order valence-corrected chi connectivity index (χ2v) is 6.94. The summed E-state index contributed by atoms with van der Waals surface area (Å²) in [5.41, 5.74) is 0.0471. The predicted octanol–water partition coefficient (Wildman–Crippen LogP) is 2.79. The summed E-state index contributed by atoms with van der Waals surface area (Å²) in [5, 5.41) is 0. The summed E-state index contributed by atoms with van der Waals surface area (Å²) >= 11 is 0. The van der Waals surface area contributed by atoms with E-state index >= 15 is 0 Å². The first-order chi connectivity index (χ1) is 13.2. The van der Waals surface area contributed by atoms with Gasteiger partial charge >= 0.3 is 6.09 Å². The summed E-state index contributed by atoms with van der Waals surface area (Å²) in [6.07, 6.45) is 3.92. The van der Waals surface area contributed by atoms with Crippen molar-refractivity contribution in [1.82, 2.24) is 9.80 Å². The van der Waals surface area contributed by atoms with Gasteiger partial charge in [0.05, 0.1) is 24.9 Å². The summed E-state index contributed by atoms with van der Waals surface area (Å²) in [4.78, 5) is 28.1. The Bertz CT molecular complexity index is 782. The van der Waals surface area contributed by atoms with Crippen LogP contribution in [0.25, 0.3) is 0 Å². The number of rotatable bonds is 5. The number of piperidine rings is 1. The molecule has 27 heavy (non-hydrogen) atoms. The fourth-order valence-corrected chi connectivity index (χ4v) is 3.60. The van der Waals surface area contributed by atoms with Crippen LogP contribution in [0.15, 0.2) is 53.3 Å². The van der Waals surface area contributed by atoms with Crippen molar-refractivity contribution in [3.8, 4) is 5.75 Å². The van der Waals surface area contributed by atoms with E-state index in [2.05, 4.69) is 0 Å². The van der Waals surface area contributed by atoms with Gasteiger partial charge in [0.1, 0.15) is 24.2 Å². The monoisotopic (exact) mass is 370 g/mol. The van der Waals surface area contributed by atoms with Crippen LogP contribution < -0.4 is 4.74 Å². The van der Waals surface area contributed by atoms with Gasteiger partial charge < -0.3 is 23.7 Å². The molecule has 7 heteroatoms. The number of nitrogens with zero attached hydrogens (tertiary/aromatic N) is 2. The van der Waals surface area contributed by atoms with Gasteiger partial charge in [-0.3, -0.25) is 4.79 Å². The fourth-order valence-electron chi connectivity index (χ4n) is 3.60. The van der Waals surface area contributed by atoms with E-state index in [4.69, 9.17) is 13.9 Å². The molecule has 2 amide bonds. The lowest BCUT2D eigenvalue weighted by atomic mass is 9.91. The molecule has 2 saturated heterocycles. The average Bonchev–Trinajstić information content (AvgIpc) is 3.32. The van der Waals surface area contributed by atoms with Crippen molar-refractivity contribution in [2.24, 2.45) is 0 Å². The van der Waals surface area contributed by atoms with Crippen LogP contribution in [-0.2, 0) is 4.74 Å². The molecule has 3 heterocycles. The molecule has 0 aliphatic carbocycles. The van der Waals surface area contributed by atoms with Crippen LogP contribution in [0.4, 0.5) is 4.79 Å². The SMILES string of the molecule is O=C1OC2(CCN(C(=O)c3ccoc3)CC2)CN1CCOc1ccccc1. The lowest BCUT2D eigenvalue weighted by Gasteiger charge is -2.37. The van der Waals surface area contributed by atoms with Crippen molar-refractivity contribution in [3.63, 3.8) is 0 Å². The first kappa shape index (κ1) is 17.5. The van der Waals surface area contributed by atoms with E-state index in [1.165, 1.54) is 12.5 Å². The quantitative estimate of drug-likeness (QED) is 0.809. The van der Waals surface area contributed by atoms with E-state index in [-0.39, 0.29) is 12.0 Å². The number of likely N-dealkylation sites (tertiary alicyclic amines) is 1. The Hall–Kier alpha value is -2.96. The first-order valence-corrected chi connectivity index (χ1v) is 9.12. The molecule has 2 aromatic rings. The first-order valence-electron chi connectivity index (χ1n) is 9.12. The predicted molar refractivity (Wildman–Crippen MR) is 96.6 cm³/mol. The number of carbonyl (C=O) groups is 2. The lowest BCUT2D eigenvalue weighted by molar-refractivity contribution is 0.00311. The maximum absolute atomic E-state index is 12.4. The Labute approximate surface area is 157 Å². The zero-order chi connectivity index (χ0) is 18.7. The number of ether oxygens (including phenoxy) is 2. The highest BCUT2D eigenvalue weighted by Gasteiger charge is 2.47. The fraction of sp³-hybridized carbons (Fsp3) is 0.400. The van der Waals surface area contributed by atoms with E-state index in [1.54, 1.807) is 15.9 Å². The van der Waals surface area contributed by atoms with Gasteiger partial charge in [0, 0.05) is 25.9 Å². The summed E-state index contributed by atoms with van der Waals surface area (Å²) in [7, 11) is 0. The van der Waals surface area contributed by atoms with Crippen LogP contribution >= 0.6 is 0 Å². The third-order valence-corrected chi connectivity index (χ3v) is 5.14. The zero-order valence-corrected chi connectivity index (χ0v) is 15.0. The molecular weight excluding hydrogens is 348 g/mol. The molecule has 0 atom stereocenters. The van der Waals surface area contributed by atoms with E-state index in [0.29, 0.717) is 51.2 Å². The summed E-state index contributed by atoms with van der Waals surface area (Å²) in [6, 6.07) is 11.2. The number of amides is 2. The van der Waals surface area contributed by atoms with Crippen LogP contribution in [0.5, 0.6) is 5.75 Å². The van der Waals surface area contributed by atoms with Crippen molar-refractivity contribution in [1.29, 1.82) is 0 Å². The molecule has 0 radical (unpaired) electrons. The number of hydrogen-bond acceptors (Lipinski definition) is 5. The number of benzene rings is 1. The number of carbonyl (C=O) groups excluding carboxylic acids is 2. The minimum absolute atomic E-state index is 0.0453. The Morgan fingerprint density at radius 1 is 1.15 bits per heavy atom. The van der Waals surface area contributed by atoms with Crippen molar-refractivity contribution >= 4 is 12.0 Å². The molecule has 0 saturated carbocycles. The van der Waals surface area contributed by atoms with Gasteiger partial charge in [0.15, 0.2) is 0 Å². The minimum Gasteiger partial charge on any atom is -0.492 e. The standard InChI is InChI=1S/C20H22N2O5/c23-18(16-6-12-25-14-16)21-9-7-20(8-10-21)15-22(19(24)27-20)11-13-26-17-4-2-1-3-5-17/h1-6,12,14H,7-11,13,15H2. The van der Waals surface area contributed by atoms with Crippen LogP contribution in [0, 0.1) is 0 Å². The molecular formula is C20H22N2O5. The number of hydrogen-bond donors (Lipinski definition) is 0. The third kappa shape index (κ3) is 3.77. The summed E-state index contributed by atoms with van der Waals surface area (Å²) in [5.74, 6) is 0.738. The van der Waals surface area contributed by atoms with Gasteiger partial charge in [-0.25, -0.2) is 4.79 Å². The molecule has 0 N–H and O–H groups in total. The van der Waals surface area contributed by atoms with Gasteiger partial charge in [-0.2, -0.15) is 0 Å². The zero-order valence-electron chi connectivity index (χ0n) is 15.0. The number of furan rings is 1. The lowest BCUT2D eigenvalue weighted by Crippen LogP contribution is -2.48. The van der Waals surface area contributed by atoms with E-state index < -0.39 is 5.60 Å². The normalized spacial score (nSPS) is 18.6. The minimum atomic E-state index is -0.503. The Morgan fingerprint density at radius 2 is 1.93 bits per heavy atom. The smallest absolute Gasteiger partial charge is 0.410 e. The number of para-hydroxylation sites is 1. The van der Waals surface area contributed by atoms with Crippen molar-refractivity contribution in [2.75, 3.05) is 32.8 Å². The molecule has 0 unspecified atom stereocenters. The molecule has 0 bridgehead atoms. The Balaban J connectivity index is 1.28. The maximum Gasteiger partial charge on any atom is 0.410 e. The van der Waals surface area contributed by atoms with Gasteiger partial charge in [-0.15, -0.1) is 0 Å². The average molecular weight is 370 g/mol. The summed E-state index contributed by atoms with van der Waals surface area (Å²) in [6.45, 7) is 2.56. The maximum atomic E-state index is 12.4. The Morgan fingerprint density at radius 3 is 2.63 bits per heavy atom. The highest BCUT2D eigenvalue weighted by Crippen LogP contribution is 2.33. The molecule has 1 aromatic carbocycles. The van der Waals surface area contributed by atoms with Gasteiger partial charge in [0.25, 0.3) is 5.91 Å². The molecule has 2 aliphatic rings. The van der Waals surface area contributed by atoms with Crippen molar-refractivity contribution in [3.05, 3.63) is 54.5 Å². The molecule has 2 fully saturated rings. The van der Waals surface area contributed by atoms with Gasteiger partial charge in [-0.05, 0) is 18.2 Å². The van der Waals surface area contributed by atoms with Crippen molar-refractivity contribution in [2.45, 2.75) is 18.4 Å². The molecule has 142 valence electrons. The topological polar surface area (TPSA) is 72.2 Å². The molecule has 1 aromatic heterocycles. The van der Waals surface area contributed by atoms with Crippen LogP contribution in [0.3, 0.4) is 0 Å². The third-order valence-electron chi connectivity index (χ3n) is 5.14. The second kappa shape index (κ2) is 7.34. The summed E-state index contributed by atoms with van der Waals surface area (Å²) < 4.78 is 16.4. The molecule has 1 spiro atoms. The van der Waals surface area contributed by atoms with Gasteiger partial charge in [0.2, 0.25) is 0 Å². The van der Waals surface area contributed by atoms with Crippen LogP contribution in [0.2, 0.25) is 0 Å². The Kier molecular flexibility index (Phi) is 4.75. The molecule has 2 aliphatic heterocycles. The van der Waals surface area contributed by atoms with E-state index in [9.17, 15) is 9.59 Å². The van der Waals surface area contributed by atoms with Gasteiger partial charge in [-0.1, -0.05) is 18.2 Å². The van der Waals surface area contributed by atoms with E-state index in [1.807, 2.05) is 30.3 Å². The van der Waals surface area contributed by atoms with Crippen molar-refractivity contribution < 1.29 is 23.5 Å². The molecule has 7 nitrogen and oxygen atoms in total. The van der Waals surface area contributed by atoms with Crippen LogP contribution in [0.1, 0.15) is 23.2 Å². The van der Waals surface area contributed by atoms with E-state index in [0.717, 1.165) is 5.75 Å².